The van der Waals surface area contributed by atoms with E-state index < -0.39 is 17.9 Å². The topological polar surface area (TPSA) is 122 Å². The first-order chi connectivity index (χ1) is 20.0. The van der Waals surface area contributed by atoms with Crippen LogP contribution in [-0.4, -0.2) is 58.5 Å². The van der Waals surface area contributed by atoms with Crippen LogP contribution in [0.15, 0.2) is 59.5 Å². The molecule has 0 saturated heterocycles. The summed E-state index contributed by atoms with van der Waals surface area (Å²) in [7, 11) is 1.60. The first-order valence-corrected chi connectivity index (χ1v) is 14.1. The lowest BCUT2D eigenvalue weighted by Gasteiger charge is -2.42. The van der Waals surface area contributed by atoms with Crippen molar-refractivity contribution in [2.24, 2.45) is 11.8 Å². The summed E-state index contributed by atoms with van der Waals surface area (Å²) in [4.78, 5) is 60.9. The number of oxazole rings is 1. The fourth-order valence-corrected chi connectivity index (χ4v) is 6.50. The number of carbonyl (C=O) groups excluding carboxylic acids is 4. The lowest BCUT2D eigenvalue weighted by atomic mass is 9.77. The zero-order valence-electron chi connectivity index (χ0n) is 22.9. The highest BCUT2D eigenvalue weighted by atomic mass is 16.5. The van der Waals surface area contributed by atoms with Crippen LogP contribution in [0.1, 0.15) is 69.3 Å². The monoisotopic (exact) mass is 556 g/mol. The molecule has 0 bridgehead atoms. The summed E-state index contributed by atoms with van der Waals surface area (Å²) in [6.07, 6.45) is 6.50. The minimum absolute atomic E-state index is 0.0227. The fraction of sp³-hybridized carbons (Fsp3) is 0.387. The van der Waals surface area contributed by atoms with Gasteiger partial charge in [0, 0.05) is 31.0 Å². The van der Waals surface area contributed by atoms with Crippen LogP contribution in [0.3, 0.4) is 0 Å². The highest BCUT2D eigenvalue weighted by molar-refractivity contribution is 6.21. The molecule has 0 spiro atoms. The maximum Gasteiger partial charge on any atom is 0.261 e. The molecule has 0 unspecified atom stereocenters. The van der Waals surface area contributed by atoms with Crippen molar-refractivity contribution in [3.63, 3.8) is 0 Å². The van der Waals surface area contributed by atoms with Crippen molar-refractivity contribution < 1.29 is 28.3 Å². The zero-order chi connectivity index (χ0) is 28.5. The quantitative estimate of drug-likeness (QED) is 0.442. The third-order valence-electron chi connectivity index (χ3n) is 8.52. The Hall–Kier alpha value is -4.47. The Balaban J connectivity index is 1.38. The van der Waals surface area contributed by atoms with Crippen LogP contribution >= 0.6 is 0 Å². The van der Waals surface area contributed by atoms with Gasteiger partial charge in [0.1, 0.15) is 12.4 Å². The van der Waals surface area contributed by atoms with Gasteiger partial charge in [-0.1, -0.05) is 37.1 Å². The Kier molecular flexibility index (Phi) is 7.30. The Morgan fingerprint density at radius 3 is 2.44 bits per heavy atom. The van der Waals surface area contributed by atoms with E-state index in [0.717, 1.165) is 24.0 Å². The number of amides is 4. The van der Waals surface area contributed by atoms with E-state index in [1.54, 1.807) is 42.4 Å². The summed E-state index contributed by atoms with van der Waals surface area (Å²) in [5, 5.41) is 2.73. The molecule has 212 valence electrons. The second kappa shape index (κ2) is 11.2. The number of nitrogens with zero attached hydrogens (tertiary/aromatic N) is 3. The number of nitrogens with one attached hydrogen (secondary N) is 1. The SMILES string of the molecule is CNC(=O)[C@H]1CCCC[C@H]1C(=O)N1CCc2cccc(OCc3cnco3)c2[C@H]1CN1C(=O)c2ccccc2C1=O. The van der Waals surface area contributed by atoms with E-state index in [0.29, 0.717) is 48.4 Å². The Bertz CT molecular complexity index is 1450. The highest BCUT2D eigenvalue weighted by Crippen LogP contribution is 2.41. The lowest BCUT2D eigenvalue weighted by Crippen LogP contribution is -2.51. The first kappa shape index (κ1) is 26.7. The number of imide groups is 1. The molecule has 3 heterocycles. The van der Waals surface area contributed by atoms with E-state index in [1.165, 1.54) is 11.3 Å². The van der Waals surface area contributed by atoms with Crippen molar-refractivity contribution in [3.8, 4) is 5.75 Å². The average Bonchev–Trinajstić information content (AvgIpc) is 3.62. The summed E-state index contributed by atoms with van der Waals surface area (Å²) in [5.41, 5.74) is 2.45. The van der Waals surface area contributed by atoms with Crippen molar-refractivity contribution in [2.75, 3.05) is 20.1 Å². The second-order valence-corrected chi connectivity index (χ2v) is 10.8. The molecule has 1 N–H and O–H groups in total. The molecule has 4 amide bonds. The van der Waals surface area contributed by atoms with Crippen molar-refractivity contribution in [3.05, 3.63) is 83.1 Å². The molecule has 41 heavy (non-hydrogen) atoms. The van der Waals surface area contributed by atoms with Gasteiger partial charge in [0.25, 0.3) is 11.8 Å². The van der Waals surface area contributed by atoms with Crippen LogP contribution < -0.4 is 10.1 Å². The van der Waals surface area contributed by atoms with E-state index in [-0.39, 0.29) is 36.8 Å². The van der Waals surface area contributed by atoms with Crippen LogP contribution in [0.25, 0.3) is 0 Å². The Labute approximate surface area is 237 Å². The molecule has 6 rings (SSSR count). The van der Waals surface area contributed by atoms with Crippen LogP contribution in [0.4, 0.5) is 0 Å². The Morgan fingerprint density at radius 2 is 1.76 bits per heavy atom. The third-order valence-corrected chi connectivity index (χ3v) is 8.52. The van der Waals surface area contributed by atoms with Crippen LogP contribution in [0, 0.1) is 11.8 Å². The van der Waals surface area contributed by atoms with Gasteiger partial charge in [-0.3, -0.25) is 24.1 Å². The smallest absolute Gasteiger partial charge is 0.261 e. The largest absolute Gasteiger partial charge is 0.485 e. The number of benzene rings is 2. The van der Waals surface area contributed by atoms with Crippen molar-refractivity contribution in [1.82, 2.24) is 20.1 Å². The maximum atomic E-state index is 14.3. The summed E-state index contributed by atoms with van der Waals surface area (Å²) >= 11 is 0. The second-order valence-electron chi connectivity index (χ2n) is 10.8. The van der Waals surface area contributed by atoms with Crippen molar-refractivity contribution >= 4 is 23.6 Å². The van der Waals surface area contributed by atoms with Crippen LogP contribution in [-0.2, 0) is 22.6 Å². The molecule has 2 aliphatic heterocycles. The van der Waals surface area contributed by atoms with Crippen LogP contribution in [0.5, 0.6) is 5.75 Å². The molecular formula is C31H32N4O6. The predicted octanol–water partition coefficient (Wildman–Crippen LogP) is 3.53. The average molecular weight is 557 g/mol. The Morgan fingerprint density at radius 1 is 1.02 bits per heavy atom. The fourth-order valence-electron chi connectivity index (χ4n) is 6.50. The van der Waals surface area contributed by atoms with Gasteiger partial charge in [-0.25, -0.2) is 4.98 Å². The number of hydrogen-bond acceptors (Lipinski definition) is 7. The third kappa shape index (κ3) is 4.87. The zero-order valence-corrected chi connectivity index (χ0v) is 22.9. The highest BCUT2D eigenvalue weighted by Gasteiger charge is 2.45. The van der Waals surface area contributed by atoms with Gasteiger partial charge in [0.15, 0.2) is 12.2 Å². The van der Waals surface area contributed by atoms with E-state index in [1.807, 2.05) is 18.2 Å². The van der Waals surface area contributed by atoms with Gasteiger partial charge in [-0.05, 0) is 43.0 Å². The summed E-state index contributed by atoms with van der Waals surface area (Å²) in [6, 6.07) is 11.8. The molecule has 3 aliphatic rings. The number of aromatic nitrogens is 1. The van der Waals surface area contributed by atoms with Gasteiger partial charge < -0.3 is 19.4 Å². The number of fused-ring (bicyclic) bond motifs is 2. The van der Waals surface area contributed by atoms with E-state index >= 15 is 0 Å². The van der Waals surface area contributed by atoms with Gasteiger partial charge in [0.2, 0.25) is 11.8 Å². The predicted molar refractivity (Wildman–Crippen MR) is 147 cm³/mol. The number of carbonyl (C=O) groups is 4. The van der Waals surface area contributed by atoms with E-state index in [9.17, 15) is 19.2 Å². The first-order valence-electron chi connectivity index (χ1n) is 14.1. The number of ether oxygens (including phenoxy) is 1. The lowest BCUT2D eigenvalue weighted by molar-refractivity contribution is -0.146. The van der Waals surface area contributed by atoms with Gasteiger partial charge in [-0.15, -0.1) is 0 Å². The molecule has 10 heteroatoms. The molecule has 1 fully saturated rings. The number of rotatable bonds is 7. The van der Waals surface area contributed by atoms with Gasteiger partial charge >= 0.3 is 0 Å². The molecular weight excluding hydrogens is 524 g/mol. The molecule has 2 aromatic carbocycles. The molecule has 1 aromatic heterocycles. The summed E-state index contributed by atoms with van der Waals surface area (Å²) in [5.74, 6) is -0.831. The standard InChI is InChI=1S/C31H32N4O6/c1-32-28(36)21-8-2-3-9-22(21)29(37)34-14-13-19-7-6-12-26(40-17-20-15-33-18-41-20)27(19)25(34)16-35-30(38)23-10-4-5-11-24(23)31(35)39/h4-7,10-12,15,18,21-22,25H,2-3,8-9,13-14,16-17H2,1H3,(H,32,36)/t21-,22+,25+/m0/s1. The normalized spacial score (nSPS) is 21.8. The summed E-state index contributed by atoms with van der Waals surface area (Å²) < 4.78 is 11.5. The minimum atomic E-state index is -0.647. The molecule has 3 aromatic rings. The van der Waals surface area contributed by atoms with E-state index in [2.05, 4.69) is 10.3 Å². The summed E-state index contributed by atoms with van der Waals surface area (Å²) in [6.45, 7) is 0.513. The maximum absolute atomic E-state index is 14.3. The molecule has 0 radical (unpaired) electrons. The number of hydrogen-bond donors (Lipinski definition) is 1. The van der Waals surface area contributed by atoms with Crippen molar-refractivity contribution in [2.45, 2.75) is 44.8 Å². The molecule has 1 aliphatic carbocycles. The molecule has 1 saturated carbocycles. The van der Waals surface area contributed by atoms with Crippen molar-refractivity contribution in [1.29, 1.82) is 0 Å². The molecule has 10 nitrogen and oxygen atoms in total. The van der Waals surface area contributed by atoms with E-state index in [4.69, 9.17) is 9.15 Å². The molecule has 3 atom stereocenters. The minimum Gasteiger partial charge on any atom is -0.485 e. The van der Waals surface area contributed by atoms with Gasteiger partial charge in [0.05, 0.1) is 29.9 Å². The van der Waals surface area contributed by atoms with Gasteiger partial charge in [-0.2, -0.15) is 0 Å². The van der Waals surface area contributed by atoms with Crippen LogP contribution in [0.2, 0.25) is 0 Å².